The van der Waals surface area contributed by atoms with Crippen molar-refractivity contribution in [2.75, 3.05) is 13.2 Å². The molecule has 1 aliphatic rings. The number of hydrogen-bond acceptors (Lipinski definition) is 6. The van der Waals surface area contributed by atoms with Crippen LogP contribution in [0.2, 0.25) is 0 Å². The quantitative estimate of drug-likeness (QED) is 0.678. The number of amides is 1. The van der Waals surface area contributed by atoms with E-state index >= 15 is 0 Å². The molecule has 0 bridgehead atoms. The summed E-state index contributed by atoms with van der Waals surface area (Å²) in [5.74, 6) is -0.443. The van der Waals surface area contributed by atoms with Crippen LogP contribution in [0.25, 0.3) is 5.78 Å². The second-order valence-corrected chi connectivity index (χ2v) is 7.28. The van der Waals surface area contributed by atoms with E-state index in [1.807, 2.05) is 19.1 Å². The van der Waals surface area contributed by atoms with E-state index in [1.165, 1.54) is 0 Å². The summed E-state index contributed by atoms with van der Waals surface area (Å²) in [5, 5.41) is 6.40. The molecule has 8 nitrogen and oxygen atoms in total. The highest BCUT2D eigenvalue weighted by atomic mass is 19.4. The van der Waals surface area contributed by atoms with Crippen LogP contribution in [0.3, 0.4) is 0 Å². The minimum absolute atomic E-state index is 0.0588. The molecule has 1 aromatic carbocycles. The predicted molar refractivity (Wildman–Crippen MR) is 103 cm³/mol. The van der Waals surface area contributed by atoms with E-state index in [1.54, 1.807) is 19.9 Å². The Hall–Kier alpha value is -3.37. The molecule has 0 saturated carbocycles. The second kappa shape index (κ2) is 7.71. The first kappa shape index (κ1) is 20.9. The molecule has 0 spiro atoms. The Morgan fingerprint density at radius 3 is 2.61 bits per heavy atom. The third-order valence-electron chi connectivity index (χ3n) is 5.08. The highest BCUT2D eigenvalue weighted by molar-refractivity contribution is 5.79. The number of halogens is 3. The second-order valence-electron chi connectivity index (χ2n) is 7.28. The lowest BCUT2D eigenvalue weighted by molar-refractivity contribution is -0.144. The number of carbonyl (C=O) groups excluding carboxylic acids is 1. The number of hydrogen-bond donors (Lipinski definition) is 1. The van der Waals surface area contributed by atoms with Crippen LogP contribution in [0.4, 0.5) is 13.2 Å². The number of nitrogens with one attached hydrogen (secondary N) is 1. The van der Waals surface area contributed by atoms with E-state index in [0.717, 1.165) is 10.1 Å². The fourth-order valence-electron chi connectivity index (χ4n) is 3.45. The zero-order chi connectivity index (χ0) is 22.3. The molecule has 31 heavy (non-hydrogen) atoms. The van der Waals surface area contributed by atoms with Gasteiger partial charge in [-0.25, -0.2) is 9.50 Å². The molecular weight excluding hydrogens is 415 g/mol. The van der Waals surface area contributed by atoms with Gasteiger partial charge in [0, 0.05) is 17.0 Å². The third-order valence-corrected chi connectivity index (χ3v) is 5.08. The fourth-order valence-corrected chi connectivity index (χ4v) is 3.45. The van der Waals surface area contributed by atoms with Crippen molar-refractivity contribution in [1.82, 2.24) is 24.9 Å². The molecular formula is C20H20F3N5O3. The highest BCUT2D eigenvalue weighted by Crippen LogP contribution is 2.32. The molecule has 164 valence electrons. The first-order valence-electron chi connectivity index (χ1n) is 9.62. The van der Waals surface area contributed by atoms with Gasteiger partial charge in [0.05, 0.1) is 12.5 Å². The van der Waals surface area contributed by atoms with Gasteiger partial charge < -0.3 is 14.8 Å². The van der Waals surface area contributed by atoms with Crippen molar-refractivity contribution in [2.24, 2.45) is 0 Å². The van der Waals surface area contributed by atoms with Crippen molar-refractivity contribution >= 4 is 11.7 Å². The summed E-state index contributed by atoms with van der Waals surface area (Å²) in [6.45, 7) is 6.00. The number of ether oxygens (including phenoxy) is 2. The van der Waals surface area contributed by atoms with E-state index in [-0.39, 0.29) is 24.1 Å². The van der Waals surface area contributed by atoms with Crippen molar-refractivity contribution in [1.29, 1.82) is 0 Å². The van der Waals surface area contributed by atoms with E-state index in [0.29, 0.717) is 41.7 Å². The van der Waals surface area contributed by atoms with Gasteiger partial charge in [-0.05, 0) is 38.5 Å². The summed E-state index contributed by atoms with van der Waals surface area (Å²) >= 11 is 0. The molecule has 0 aliphatic carbocycles. The highest BCUT2D eigenvalue weighted by Gasteiger charge is 2.37. The van der Waals surface area contributed by atoms with Crippen LogP contribution in [0.5, 0.6) is 11.5 Å². The average Bonchev–Trinajstić information content (AvgIpc) is 3.15. The molecule has 11 heteroatoms. The first-order chi connectivity index (χ1) is 14.6. The van der Waals surface area contributed by atoms with Gasteiger partial charge in [-0.2, -0.15) is 18.2 Å². The Bertz CT molecular complexity index is 1160. The van der Waals surface area contributed by atoms with Crippen LogP contribution in [0, 0.1) is 13.8 Å². The van der Waals surface area contributed by atoms with Crippen molar-refractivity contribution < 1.29 is 27.4 Å². The van der Waals surface area contributed by atoms with Crippen molar-refractivity contribution in [3.05, 3.63) is 46.5 Å². The number of aromatic nitrogens is 4. The Morgan fingerprint density at radius 2 is 1.90 bits per heavy atom. The summed E-state index contributed by atoms with van der Waals surface area (Å²) in [5.41, 5.74) is 2.14. The molecule has 1 amide bonds. The molecule has 3 aromatic rings. The summed E-state index contributed by atoms with van der Waals surface area (Å²) in [4.78, 5) is 20.2. The van der Waals surface area contributed by atoms with Gasteiger partial charge in [-0.3, -0.25) is 4.79 Å². The minimum Gasteiger partial charge on any atom is -0.486 e. The van der Waals surface area contributed by atoms with E-state index < -0.39 is 12.0 Å². The Balaban J connectivity index is 1.53. The topological polar surface area (TPSA) is 90.6 Å². The summed E-state index contributed by atoms with van der Waals surface area (Å²) in [6.07, 6.45) is -4.73. The number of fused-ring (bicyclic) bond motifs is 2. The van der Waals surface area contributed by atoms with Crippen molar-refractivity contribution in [2.45, 2.75) is 39.4 Å². The van der Waals surface area contributed by atoms with Gasteiger partial charge in [0.25, 0.3) is 11.6 Å². The Kier molecular flexibility index (Phi) is 5.19. The molecule has 1 N–H and O–H groups in total. The van der Waals surface area contributed by atoms with Crippen molar-refractivity contribution in [3.8, 4) is 11.5 Å². The van der Waals surface area contributed by atoms with E-state index in [4.69, 9.17) is 9.47 Å². The molecule has 1 aliphatic heterocycles. The predicted octanol–water partition coefficient (Wildman–Crippen LogP) is 2.95. The van der Waals surface area contributed by atoms with Crippen LogP contribution < -0.4 is 14.8 Å². The number of benzene rings is 1. The molecule has 0 fully saturated rings. The van der Waals surface area contributed by atoms with Gasteiger partial charge >= 0.3 is 6.18 Å². The zero-order valence-electron chi connectivity index (χ0n) is 17.1. The molecule has 4 rings (SSSR count). The minimum atomic E-state index is -4.68. The standard InChI is InChI=1S/C20H20F3N5O3/c1-10(13-4-5-15-16(8-13)31-7-6-30-15)24-17(29)9-14-11(2)25-19-26-18(20(21,22)23)27-28(19)12(14)3/h4-5,8,10H,6-7,9H2,1-3H3,(H,24,29). The largest absolute Gasteiger partial charge is 0.486 e. The maximum atomic E-state index is 12.9. The lowest BCUT2D eigenvalue weighted by atomic mass is 10.1. The smallest absolute Gasteiger partial charge is 0.453 e. The summed E-state index contributed by atoms with van der Waals surface area (Å²) < 4.78 is 50.9. The maximum Gasteiger partial charge on any atom is 0.453 e. The number of rotatable bonds is 4. The lowest BCUT2D eigenvalue weighted by Crippen LogP contribution is -2.29. The van der Waals surface area contributed by atoms with E-state index in [2.05, 4.69) is 20.4 Å². The van der Waals surface area contributed by atoms with Crippen LogP contribution in [-0.4, -0.2) is 38.7 Å². The number of aryl methyl sites for hydroxylation is 2. The molecule has 1 unspecified atom stereocenters. The van der Waals surface area contributed by atoms with E-state index in [9.17, 15) is 18.0 Å². The van der Waals surface area contributed by atoms with Crippen LogP contribution in [0.15, 0.2) is 18.2 Å². The SMILES string of the molecule is Cc1nc2nc(C(F)(F)F)nn2c(C)c1CC(=O)NC(C)c1ccc2c(c1)OCCO2. The fraction of sp³-hybridized carbons (Fsp3) is 0.400. The van der Waals surface area contributed by atoms with Gasteiger partial charge in [0.1, 0.15) is 13.2 Å². The number of carbonyl (C=O) groups is 1. The Labute approximate surface area is 175 Å². The first-order valence-corrected chi connectivity index (χ1v) is 9.62. The third kappa shape index (κ3) is 4.12. The molecule has 1 atom stereocenters. The van der Waals surface area contributed by atoms with Gasteiger partial charge in [0.2, 0.25) is 5.91 Å². The normalized spacial score (nSPS) is 14.5. The summed E-state index contributed by atoms with van der Waals surface area (Å²) in [6, 6.07) is 5.14. The Morgan fingerprint density at radius 1 is 1.19 bits per heavy atom. The maximum absolute atomic E-state index is 12.9. The molecule has 2 aromatic heterocycles. The monoisotopic (exact) mass is 435 g/mol. The van der Waals surface area contributed by atoms with Crippen LogP contribution >= 0.6 is 0 Å². The number of alkyl halides is 3. The lowest BCUT2D eigenvalue weighted by Gasteiger charge is -2.21. The molecule has 3 heterocycles. The summed E-state index contributed by atoms with van der Waals surface area (Å²) in [7, 11) is 0. The van der Waals surface area contributed by atoms with Crippen molar-refractivity contribution in [3.63, 3.8) is 0 Å². The zero-order valence-corrected chi connectivity index (χ0v) is 17.1. The van der Waals surface area contributed by atoms with Gasteiger partial charge in [-0.15, -0.1) is 5.10 Å². The van der Waals surface area contributed by atoms with Gasteiger partial charge in [-0.1, -0.05) is 6.07 Å². The average molecular weight is 435 g/mol. The molecule has 0 saturated heterocycles. The van der Waals surface area contributed by atoms with Gasteiger partial charge in [0.15, 0.2) is 11.5 Å². The molecule has 0 radical (unpaired) electrons. The number of nitrogens with zero attached hydrogens (tertiary/aromatic N) is 4. The van der Waals surface area contributed by atoms with Crippen LogP contribution in [0.1, 0.15) is 41.3 Å². The van der Waals surface area contributed by atoms with Crippen LogP contribution in [-0.2, 0) is 17.4 Å².